The van der Waals surface area contributed by atoms with Crippen molar-refractivity contribution in [3.8, 4) is 5.75 Å². The number of rotatable bonds is 4. The Morgan fingerprint density at radius 3 is 2.94 bits per heavy atom. The molecular weight excluding hydrogens is 228 g/mol. The van der Waals surface area contributed by atoms with Gasteiger partial charge in [-0.15, -0.1) is 0 Å². The third-order valence-corrected chi connectivity index (χ3v) is 2.62. The van der Waals surface area contributed by atoms with E-state index in [1.54, 1.807) is 0 Å². The monoisotopic (exact) mass is 243 g/mol. The Balaban J connectivity index is 1.75. The molecule has 1 aliphatic rings. The Morgan fingerprint density at radius 1 is 1.35 bits per heavy atom. The van der Waals surface area contributed by atoms with Gasteiger partial charge < -0.3 is 14.8 Å². The molecule has 0 bridgehead atoms. The smallest absolute Gasteiger partial charge is 0.162 e. The maximum absolute atomic E-state index is 12.9. The van der Waals surface area contributed by atoms with Gasteiger partial charge in [-0.1, -0.05) is 0 Å². The zero-order valence-corrected chi connectivity index (χ0v) is 9.42. The molecule has 1 fully saturated rings. The standard InChI is InChI=1S/C12H15F2NO2/c13-11-2-1-10(7-12(11)14)17-5-3-9-8-16-6-4-15-9/h1-2,7,9,15H,3-6,8H2. The molecule has 17 heavy (non-hydrogen) atoms. The Morgan fingerprint density at radius 2 is 2.24 bits per heavy atom. The van der Waals surface area contributed by atoms with E-state index in [2.05, 4.69) is 5.32 Å². The van der Waals surface area contributed by atoms with Gasteiger partial charge in [0.05, 0.1) is 19.8 Å². The summed E-state index contributed by atoms with van der Waals surface area (Å²) >= 11 is 0. The molecule has 0 radical (unpaired) electrons. The van der Waals surface area contributed by atoms with Crippen molar-refractivity contribution in [2.24, 2.45) is 0 Å². The van der Waals surface area contributed by atoms with E-state index in [0.717, 1.165) is 31.7 Å². The fourth-order valence-corrected chi connectivity index (χ4v) is 1.69. The topological polar surface area (TPSA) is 30.5 Å². The van der Waals surface area contributed by atoms with E-state index in [1.807, 2.05) is 0 Å². The average Bonchev–Trinajstić information content (AvgIpc) is 2.35. The summed E-state index contributed by atoms with van der Waals surface area (Å²) in [6.07, 6.45) is 0.777. The molecule has 0 spiro atoms. The lowest BCUT2D eigenvalue weighted by atomic mass is 10.2. The first-order chi connectivity index (χ1) is 8.25. The maximum Gasteiger partial charge on any atom is 0.162 e. The van der Waals surface area contributed by atoms with Crippen molar-refractivity contribution < 1.29 is 18.3 Å². The summed E-state index contributed by atoms with van der Waals surface area (Å²) in [6, 6.07) is 3.81. The van der Waals surface area contributed by atoms with Gasteiger partial charge in [0.2, 0.25) is 0 Å². The van der Waals surface area contributed by atoms with Crippen LogP contribution in [0.25, 0.3) is 0 Å². The molecule has 3 nitrogen and oxygen atoms in total. The van der Waals surface area contributed by atoms with Crippen LogP contribution in [0.3, 0.4) is 0 Å². The van der Waals surface area contributed by atoms with E-state index in [0.29, 0.717) is 19.0 Å². The van der Waals surface area contributed by atoms with Crippen LogP contribution in [0, 0.1) is 11.6 Å². The highest BCUT2D eigenvalue weighted by atomic mass is 19.2. The van der Waals surface area contributed by atoms with Crippen LogP contribution in [-0.4, -0.2) is 32.4 Å². The molecule has 1 aliphatic heterocycles. The lowest BCUT2D eigenvalue weighted by Gasteiger charge is -2.23. The van der Waals surface area contributed by atoms with E-state index in [4.69, 9.17) is 9.47 Å². The van der Waals surface area contributed by atoms with Gasteiger partial charge in [-0.05, 0) is 18.6 Å². The Labute approximate surface area is 98.7 Å². The predicted molar refractivity (Wildman–Crippen MR) is 59.1 cm³/mol. The molecule has 0 aromatic heterocycles. The second-order valence-electron chi connectivity index (χ2n) is 3.94. The summed E-state index contributed by atoms with van der Waals surface area (Å²) in [5, 5.41) is 3.29. The van der Waals surface area contributed by atoms with Crippen LogP contribution < -0.4 is 10.1 Å². The molecule has 1 heterocycles. The summed E-state index contributed by atoms with van der Waals surface area (Å²) in [7, 11) is 0. The summed E-state index contributed by atoms with van der Waals surface area (Å²) in [4.78, 5) is 0. The Hall–Kier alpha value is -1.20. The van der Waals surface area contributed by atoms with Gasteiger partial charge in [-0.3, -0.25) is 0 Å². The minimum absolute atomic E-state index is 0.272. The molecule has 1 unspecified atom stereocenters. The minimum Gasteiger partial charge on any atom is -0.493 e. The van der Waals surface area contributed by atoms with Crippen LogP contribution in [-0.2, 0) is 4.74 Å². The van der Waals surface area contributed by atoms with Crippen molar-refractivity contribution in [3.63, 3.8) is 0 Å². The number of benzene rings is 1. The number of nitrogens with one attached hydrogen (secondary N) is 1. The molecule has 0 amide bonds. The Kier molecular flexibility index (Phi) is 4.28. The summed E-state index contributed by atoms with van der Waals surface area (Å²) < 4.78 is 36.2. The van der Waals surface area contributed by atoms with Crippen LogP contribution in [0.15, 0.2) is 18.2 Å². The average molecular weight is 243 g/mol. The van der Waals surface area contributed by atoms with Crippen LogP contribution >= 0.6 is 0 Å². The number of halogens is 2. The third kappa shape index (κ3) is 3.64. The van der Waals surface area contributed by atoms with Gasteiger partial charge >= 0.3 is 0 Å². The lowest BCUT2D eigenvalue weighted by Crippen LogP contribution is -2.41. The quantitative estimate of drug-likeness (QED) is 0.873. The van der Waals surface area contributed by atoms with E-state index in [9.17, 15) is 8.78 Å². The largest absolute Gasteiger partial charge is 0.493 e. The molecule has 1 saturated heterocycles. The van der Waals surface area contributed by atoms with Gasteiger partial charge in [0.1, 0.15) is 5.75 Å². The molecular formula is C12H15F2NO2. The van der Waals surface area contributed by atoms with Gasteiger partial charge in [0.15, 0.2) is 11.6 Å². The van der Waals surface area contributed by atoms with E-state index >= 15 is 0 Å². The number of morpholine rings is 1. The van der Waals surface area contributed by atoms with Crippen molar-refractivity contribution in [2.45, 2.75) is 12.5 Å². The van der Waals surface area contributed by atoms with E-state index in [-0.39, 0.29) is 6.04 Å². The highest BCUT2D eigenvalue weighted by Gasteiger charge is 2.12. The molecule has 1 atom stereocenters. The van der Waals surface area contributed by atoms with Crippen molar-refractivity contribution in [1.82, 2.24) is 5.32 Å². The third-order valence-electron chi connectivity index (χ3n) is 2.62. The number of hydrogen-bond acceptors (Lipinski definition) is 3. The first kappa shape index (κ1) is 12.3. The Bertz CT molecular complexity index is 368. The SMILES string of the molecule is Fc1ccc(OCCC2COCCN2)cc1F. The number of ether oxygens (including phenoxy) is 2. The molecule has 2 rings (SSSR count). The molecule has 0 aliphatic carbocycles. The summed E-state index contributed by atoms with van der Waals surface area (Å²) in [5.74, 6) is -1.40. The zero-order chi connectivity index (χ0) is 12.1. The second-order valence-corrected chi connectivity index (χ2v) is 3.94. The number of hydrogen-bond donors (Lipinski definition) is 1. The van der Waals surface area contributed by atoms with Crippen molar-refractivity contribution in [3.05, 3.63) is 29.8 Å². The van der Waals surface area contributed by atoms with Crippen LogP contribution in [0.1, 0.15) is 6.42 Å². The van der Waals surface area contributed by atoms with E-state index in [1.165, 1.54) is 6.07 Å². The van der Waals surface area contributed by atoms with Gasteiger partial charge in [-0.2, -0.15) is 0 Å². The fraction of sp³-hybridized carbons (Fsp3) is 0.500. The second kappa shape index (κ2) is 5.93. The molecule has 5 heteroatoms. The van der Waals surface area contributed by atoms with Crippen molar-refractivity contribution >= 4 is 0 Å². The summed E-state index contributed by atoms with van der Waals surface area (Å²) in [5.41, 5.74) is 0. The van der Waals surface area contributed by atoms with Gasteiger partial charge in [0, 0.05) is 18.7 Å². The molecule has 1 aromatic rings. The van der Waals surface area contributed by atoms with Crippen molar-refractivity contribution in [1.29, 1.82) is 0 Å². The predicted octanol–water partition coefficient (Wildman–Crippen LogP) is 1.72. The first-order valence-electron chi connectivity index (χ1n) is 5.64. The van der Waals surface area contributed by atoms with Gasteiger partial charge in [-0.25, -0.2) is 8.78 Å². The molecule has 0 saturated carbocycles. The van der Waals surface area contributed by atoms with E-state index < -0.39 is 11.6 Å². The first-order valence-corrected chi connectivity index (χ1v) is 5.64. The van der Waals surface area contributed by atoms with Crippen molar-refractivity contribution in [2.75, 3.05) is 26.4 Å². The highest BCUT2D eigenvalue weighted by Crippen LogP contribution is 2.15. The maximum atomic E-state index is 12.9. The van der Waals surface area contributed by atoms with Crippen LogP contribution in [0.5, 0.6) is 5.75 Å². The minimum atomic E-state index is -0.887. The molecule has 1 N–H and O–H groups in total. The van der Waals surface area contributed by atoms with Gasteiger partial charge in [0.25, 0.3) is 0 Å². The molecule has 1 aromatic carbocycles. The summed E-state index contributed by atoms with van der Waals surface area (Å²) in [6.45, 7) is 2.70. The lowest BCUT2D eigenvalue weighted by molar-refractivity contribution is 0.0691. The zero-order valence-electron chi connectivity index (χ0n) is 9.42. The normalized spacial score (nSPS) is 20.2. The van der Waals surface area contributed by atoms with Crippen LogP contribution in [0.2, 0.25) is 0 Å². The fourth-order valence-electron chi connectivity index (χ4n) is 1.69. The highest BCUT2D eigenvalue weighted by molar-refractivity contribution is 5.23. The van der Waals surface area contributed by atoms with Crippen LogP contribution in [0.4, 0.5) is 8.78 Å². The molecule has 94 valence electrons.